The number of allylic oxidation sites excluding steroid dienone is 1. The van der Waals surface area contributed by atoms with Crippen LogP contribution in [0.15, 0.2) is 64.3 Å². The fourth-order valence-electron chi connectivity index (χ4n) is 3.04. The van der Waals surface area contributed by atoms with Crippen molar-refractivity contribution in [2.75, 3.05) is 5.32 Å². The van der Waals surface area contributed by atoms with E-state index in [0.717, 1.165) is 34.1 Å². The Morgan fingerprint density at radius 1 is 1.26 bits per heavy atom. The van der Waals surface area contributed by atoms with Crippen LogP contribution in [0, 0.1) is 10.1 Å². The van der Waals surface area contributed by atoms with E-state index in [1.54, 1.807) is 30.1 Å². The van der Waals surface area contributed by atoms with Crippen molar-refractivity contribution in [3.8, 4) is 0 Å². The van der Waals surface area contributed by atoms with Crippen LogP contribution in [-0.2, 0) is 0 Å². The van der Waals surface area contributed by atoms with Gasteiger partial charge >= 0.3 is 0 Å². The summed E-state index contributed by atoms with van der Waals surface area (Å²) in [7, 11) is 0. The minimum absolute atomic E-state index is 0.0597. The van der Waals surface area contributed by atoms with Crippen molar-refractivity contribution < 1.29 is 4.92 Å². The number of nitro groups is 1. The largest absolute Gasteiger partial charge is 0.340 e. The first-order valence-electron chi connectivity index (χ1n) is 8.48. The molecule has 2 aliphatic heterocycles. The SMILES string of the molecule is CC1=NC(Nc2ccccn2)S/C1=C1\CC(c2ccc([N+](=O)[O-])cc2)NN1. The highest BCUT2D eigenvalue weighted by Crippen LogP contribution is 2.37. The van der Waals surface area contributed by atoms with E-state index < -0.39 is 0 Å². The van der Waals surface area contributed by atoms with Gasteiger partial charge in [0.15, 0.2) is 5.50 Å². The number of rotatable bonds is 4. The lowest BCUT2D eigenvalue weighted by Crippen LogP contribution is -2.24. The first-order chi connectivity index (χ1) is 13.1. The molecule has 4 rings (SSSR count). The smallest absolute Gasteiger partial charge is 0.269 e. The van der Waals surface area contributed by atoms with Crippen LogP contribution in [0.3, 0.4) is 0 Å². The van der Waals surface area contributed by atoms with Gasteiger partial charge in [-0.1, -0.05) is 30.0 Å². The first kappa shape index (κ1) is 17.5. The molecule has 2 aromatic rings. The van der Waals surface area contributed by atoms with Crippen LogP contribution in [0.25, 0.3) is 0 Å². The number of nitrogens with one attached hydrogen (secondary N) is 3. The average Bonchev–Trinajstić information content (AvgIpc) is 3.29. The van der Waals surface area contributed by atoms with Gasteiger partial charge < -0.3 is 10.7 Å². The topological polar surface area (TPSA) is 104 Å². The second-order valence-electron chi connectivity index (χ2n) is 6.23. The summed E-state index contributed by atoms with van der Waals surface area (Å²) in [6.45, 7) is 2.00. The number of benzene rings is 1. The predicted molar refractivity (Wildman–Crippen MR) is 106 cm³/mol. The molecule has 0 radical (unpaired) electrons. The van der Waals surface area contributed by atoms with E-state index in [0.29, 0.717) is 0 Å². The molecule has 1 saturated heterocycles. The number of hydrazine groups is 1. The number of pyridine rings is 1. The lowest BCUT2D eigenvalue weighted by molar-refractivity contribution is -0.384. The van der Waals surface area contributed by atoms with Crippen LogP contribution >= 0.6 is 11.8 Å². The van der Waals surface area contributed by atoms with E-state index in [1.807, 2.05) is 25.1 Å². The maximum atomic E-state index is 10.8. The number of thioether (sulfide) groups is 1. The molecule has 3 heterocycles. The summed E-state index contributed by atoms with van der Waals surface area (Å²) in [6.07, 6.45) is 2.51. The van der Waals surface area contributed by atoms with Crippen molar-refractivity contribution in [1.29, 1.82) is 0 Å². The van der Waals surface area contributed by atoms with Crippen molar-refractivity contribution in [3.05, 3.63) is 74.9 Å². The molecule has 0 bridgehead atoms. The molecule has 1 aromatic carbocycles. The Kier molecular flexibility index (Phi) is 4.78. The molecule has 3 N–H and O–H groups in total. The van der Waals surface area contributed by atoms with Crippen LogP contribution < -0.4 is 16.2 Å². The van der Waals surface area contributed by atoms with Crippen LogP contribution in [0.4, 0.5) is 11.5 Å². The molecule has 0 aliphatic carbocycles. The Morgan fingerprint density at radius 3 is 2.78 bits per heavy atom. The van der Waals surface area contributed by atoms with Gasteiger partial charge in [-0.2, -0.15) is 0 Å². The summed E-state index contributed by atoms with van der Waals surface area (Å²) < 4.78 is 0. The van der Waals surface area contributed by atoms with Gasteiger partial charge in [0.1, 0.15) is 5.82 Å². The number of nitrogens with zero attached hydrogens (tertiary/aromatic N) is 3. The summed E-state index contributed by atoms with van der Waals surface area (Å²) in [5.41, 5.74) is 9.55. The molecule has 0 saturated carbocycles. The highest BCUT2D eigenvalue weighted by atomic mass is 32.2. The molecule has 1 aromatic heterocycles. The third-order valence-electron chi connectivity index (χ3n) is 4.39. The summed E-state index contributed by atoms with van der Waals surface area (Å²) in [6, 6.07) is 12.4. The maximum Gasteiger partial charge on any atom is 0.269 e. The van der Waals surface area contributed by atoms with E-state index in [-0.39, 0.29) is 22.2 Å². The zero-order chi connectivity index (χ0) is 18.8. The predicted octanol–water partition coefficient (Wildman–Crippen LogP) is 3.34. The zero-order valence-electron chi connectivity index (χ0n) is 14.5. The van der Waals surface area contributed by atoms with Gasteiger partial charge in [-0.05, 0) is 24.6 Å². The van der Waals surface area contributed by atoms with Gasteiger partial charge in [0.25, 0.3) is 5.69 Å². The van der Waals surface area contributed by atoms with Crippen molar-refractivity contribution in [2.45, 2.75) is 24.9 Å². The van der Waals surface area contributed by atoms with Gasteiger partial charge in [0.2, 0.25) is 0 Å². The van der Waals surface area contributed by atoms with Crippen LogP contribution in [0.2, 0.25) is 0 Å². The molecule has 2 unspecified atom stereocenters. The number of hydrogen-bond acceptors (Lipinski definition) is 8. The molecule has 2 aliphatic rings. The normalized spacial score (nSPS) is 24.4. The molecule has 0 amide bonds. The van der Waals surface area contributed by atoms with Crippen molar-refractivity contribution in [2.24, 2.45) is 4.99 Å². The standard InChI is InChI=1S/C18H18N6O2S/c1-11-17(27-18(20-11)21-16-4-2-3-9-19-16)15-10-14(22-23-15)12-5-7-13(8-6-12)24(25)26/h2-9,14,18,22-23H,10H2,1H3,(H,19,21)/b17-15+. The summed E-state index contributed by atoms with van der Waals surface area (Å²) in [5, 5.41) is 14.1. The fourth-order valence-corrected chi connectivity index (χ4v) is 4.16. The van der Waals surface area contributed by atoms with Crippen LogP contribution in [-0.4, -0.2) is 21.1 Å². The van der Waals surface area contributed by atoms with Crippen LogP contribution in [0.1, 0.15) is 24.9 Å². The van der Waals surface area contributed by atoms with E-state index >= 15 is 0 Å². The highest BCUT2D eigenvalue weighted by molar-refractivity contribution is 8.05. The highest BCUT2D eigenvalue weighted by Gasteiger charge is 2.29. The number of aromatic nitrogens is 1. The Balaban J connectivity index is 1.45. The number of anilines is 1. The van der Waals surface area contributed by atoms with E-state index in [9.17, 15) is 10.1 Å². The number of hydrogen-bond donors (Lipinski definition) is 3. The third-order valence-corrected chi connectivity index (χ3v) is 5.62. The van der Waals surface area contributed by atoms with Crippen molar-refractivity contribution in [1.82, 2.24) is 15.8 Å². The molecular formula is C18H18N6O2S. The fraction of sp³-hybridized carbons (Fsp3) is 0.222. The zero-order valence-corrected chi connectivity index (χ0v) is 15.4. The minimum atomic E-state index is -0.388. The molecule has 1 fully saturated rings. The quantitative estimate of drug-likeness (QED) is 0.550. The Bertz CT molecular complexity index is 913. The summed E-state index contributed by atoms with van der Waals surface area (Å²) in [5.74, 6) is 0.791. The lowest BCUT2D eigenvalue weighted by Gasteiger charge is -2.10. The number of nitro benzene ring substituents is 1. The summed E-state index contributed by atoms with van der Waals surface area (Å²) >= 11 is 1.65. The lowest BCUT2D eigenvalue weighted by atomic mass is 10.0. The molecule has 8 nitrogen and oxygen atoms in total. The van der Waals surface area contributed by atoms with Gasteiger partial charge in [0.05, 0.1) is 21.6 Å². The van der Waals surface area contributed by atoms with E-state index in [4.69, 9.17) is 0 Å². The monoisotopic (exact) mass is 382 g/mol. The summed E-state index contributed by atoms with van der Waals surface area (Å²) in [4.78, 5) is 20.5. The molecule has 138 valence electrons. The van der Waals surface area contributed by atoms with Gasteiger partial charge in [0, 0.05) is 30.4 Å². The Labute approximate surface area is 160 Å². The van der Waals surface area contributed by atoms with E-state index in [2.05, 4.69) is 26.1 Å². The molecule has 9 heteroatoms. The van der Waals surface area contributed by atoms with Crippen molar-refractivity contribution in [3.63, 3.8) is 0 Å². The van der Waals surface area contributed by atoms with Gasteiger partial charge in [-0.3, -0.25) is 15.1 Å². The van der Waals surface area contributed by atoms with Gasteiger partial charge in [-0.15, -0.1) is 0 Å². The maximum absolute atomic E-state index is 10.8. The molecule has 0 spiro atoms. The Hall–Kier alpha value is -2.91. The van der Waals surface area contributed by atoms with Gasteiger partial charge in [-0.25, -0.2) is 10.4 Å². The number of aliphatic imine (C=N–C) groups is 1. The molecule has 2 atom stereocenters. The second-order valence-corrected chi connectivity index (χ2v) is 7.32. The Morgan fingerprint density at radius 2 is 2.07 bits per heavy atom. The first-order valence-corrected chi connectivity index (χ1v) is 9.36. The molecule has 27 heavy (non-hydrogen) atoms. The second kappa shape index (κ2) is 7.37. The average molecular weight is 382 g/mol. The number of non-ortho nitro benzene ring substituents is 1. The van der Waals surface area contributed by atoms with Crippen molar-refractivity contribution >= 4 is 29.0 Å². The van der Waals surface area contributed by atoms with Crippen LogP contribution in [0.5, 0.6) is 0 Å². The molecular weight excluding hydrogens is 364 g/mol. The minimum Gasteiger partial charge on any atom is -0.340 e. The third kappa shape index (κ3) is 3.79. The van der Waals surface area contributed by atoms with E-state index in [1.165, 1.54) is 12.1 Å².